The van der Waals surface area contributed by atoms with Crippen molar-refractivity contribution in [3.63, 3.8) is 0 Å². The van der Waals surface area contributed by atoms with Crippen LogP contribution >= 0.6 is 24.0 Å². The molecule has 1 aliphatic rings. The molecule has 4 aromatic rings. The second-order valence-electron chi connectivity index (χ2n) is 7.79. The molecule has 0 bridgehead atoms. The lowest BCUT2D eigenvalue weighted by atomic mass is 10.1. The smallest absolute Gasteiger partial charge is 0.285 e. The lowest BCUT2D eigenvalue weighted by Crippen LogP contribution is -2.44. The molecule has 1 heterocycles. The van der Waals surface area contributed by atoms with Crippen LogP contribution in [0.1, 0.15) is 21.5 Å². The Labute approximate surface area is 212 Å². The fourth-order valence-corrected chi connectivity index (χ4v) is 4.94. The highest BCUT2D eigenvalue weighted by molar-refractivity contribution is 8.26. The van der Waals surface area contributed by atoms with Crippen molar-refractivity contribution in [1.29, 1.82) is 0 Å². The number of benzene rings is 4. The van der Waals surface area contributed by atoms with Gasteiger partial charge in [0.1, 0.15) is 12.4 Å². The Morgan fingerprint density at radius 3 is 2.49 bits per heavy atom. The average molecular weight is 497 g/mol. The Morgan fingerprint density at radius 1 is 0.914 bits per heavy atom. The van der Waals surface area contributed by atoms with Gasteiger partial charge in [0.25, 0.3) is 11.8 Å². The number of carbonyl (C=O) groups excluding carboxylic acids is 2. The van der Waals surface area contributed by atoms with Gasteiger partial charge in [0.15, 0.2) is 4.32 Å². The van der Waals surface area contributed by atoms with Gasteiger partial charge >= 0.3 is 0 Å². The SMILES string of the molecule is O=C(NN1C(=O)/C(=C/c2ccccc2OCc2cccc3ccccc23)SC1=S)c1ccccc1. The maximum absolute atomic E-state index is 13.0. The zero-order valence-electron chi connectivity index (χ0n) is 18.5. The average Bonchev–Trinajstić information content (AvgIpc) is 3.16. The molecule has 172 valence electrons. The molecule has 0 aromatic heterocycles. The van der Waals surface area contributed by atoms with Crippen LogP contribution in [0.3, 0.4) is 0 Å². The number of hydrazine groups is 1. The monoisotopic (exact) mass is 496 g/mol. The van der Waals surface area contributed by atoms with E-state index in [2.05, 4.69) is 23.6 Å². The zero-order chi connectivity index (χ0) is 24.2. The van der Waals surface area contributed by atoms with E-state index in [4.69, 9.17) is 17.0 Å². The Hall–Kier alpha value is -3.94. The van der Waals surface area contributed by atoms with Crippen molar-refractivity contribution in [2.24, 2.45) is 0 Å². The van der Waals surface area contributed by atoms with Crippen molar-refractivity contribution in [2.45, 2.75) is 6.61 Å². The first-order valence-corrected chi connectivity index (χ1v) is 12.1. The highest BCUT2D eigenvalue weighted by Crippen LogP contribution is 2.33. The minimum atomic E-state index is -0.401. The molecule has 35 heavy (non-hydrogen) atoms. The van der Waals surface area contributed by atoms with Crippen LogP contribution in [0.25, 0.3) is 16.8 Å². The molecular weight excluding hydrogens is 476 g/mol. The van der Waals surface area contributed by atoms with Crippen molar-refractivity contribution < 1.29 is 14.3 Å². The molecule has 2 amide bonds. The van der Waals surface area contributed by atoms with Crippen molar-refractivity contribution in [3.05, 3.63) is 119 Å². The number of thiocarbonyl (C=S) groups is 1. The number of nitrogens with zero attached hydrogens (tertiary/aromatic N) is 1. The quantitative estimate of drug-likeness (QED) is 0.263. The number of ether oxygens (including phenoxy) is 1. The van der Waals surface area contributed by atoms with E-state index in [0.717, 1.165) is 38.7 Å². The summed E-state index contributed by atoms with van der Waals surface area (Å²) in [6.07, 6.45) is 1.74. The first kappa shape index (κ1) is 22.8. The van der Waals surface area contributed by atoms with Crippen molar-refractivity contribution in [3.8, 4) is 5.75 Å². The molecule has 0 radical (unpaired) electrons. The molecule has 0 atom stereocenters. The van der Waals surface area contributed by atoms with E-state index in [1.54, 1.807) is 30.3 Å². The van der Waals surface area contributed by atoms with Gasteiger partial charge < -0.3 is 4.74 Å². The van der Waals surface area contributed by atoms with Gasteiger partial charge in [0, 0.05) is 11.1 Å². The van der Waals surface area contributed by atoms with E-state index in [-0.39, 0.29) is 10.2 Å². The largest absolute Gasteiger partial charge is 0.488 e. The molecule has 1 aliphatic heterocycles. The summed E-state index contributed by atoms with van der Waals surface area (Å²) in [5, 5.41) is 3.41. The molecule has 1 saturated heterocycles. The van der Waals surface area contributed by atoms with Gasteiger partial charge in [-0.1, -0.05) is 90.6 Å². The topological polar surface area (TPSA) is 58.6 Å². The summed E-state index contributed by atoms with van der Waals surface area (Å²) in [5.41, 5.74) is 4.87. The number of para-hydroxylation sites is 1. The summed E-state index contributed by atoms with van der Waals surface area (Å²) in [7, 11) is 0. The van der Waals surface area contributed by atoms with Crippen molar-refractivity contribution in [2.75, 3.05) is 0 Å². The van der Waals surface area contributed by atoms with Gasteiger partial charge in [-0.3, -0.25) is 15.0 Å². The number of thioether (sulfide) groups is 1. The standard InChI is InChI=1S/C28H20N2O3S2/c31-26(20-10-2-1-3-11-20)29-30-27(32)25(35-28(30)34)17-21-12-5-7-16-24(21)33-18-22-14-8-13-19-9-4-6-15-23(19)22/h1-17H,18H2,(H,29,31)/b25-17-. The number of hydrogen-bond acceptors (Lipinski definition) is 5. The molecule has 1 fully saturated rings. The number of amides is 2. The molecule has 0 aliphatic carbocycles. The molecule has 0 saturated carbocycles. The third kappa shape index (κ3) is 4.96. The van der Waals surface area contributed by atoms with Gasteiger partial charge in [-0.15, -0.1) is 0 Å². The van der Waals surface area contributed by atoms with E-state index in [0.29, 0.717) is 22.8 Å². The number of nitrogens with one attached hydrogen (secondary N) is 1. The zero-order valence-corrected chi connectivity index (χ0v) is 20.1. The summed E-state index contributed by atoms with van der Waals surface area (Å²) < 4.78 is 6.44. The number of rotatable bonds is 6. The fraction of sp³-hybridized carbons (Fsp3) is 0.0357. The number of fused-ring (bicyclic) bond motifs is 1. The van der Waals surface area contributed by atoms with Crippen LogP contribution in [0, 0.1) is 0 Å². The van der Waals surface area contributed by atoms with Gasteiger partial charge in [0.2, 0.25) is 0 Å². The van der Waals surface area contributed by atoms with Crippen LogP contribution in [0.15, 0.2) is 102 Å². The Bertz CT molecular complexity index is 1460. The van der Waals surface area contributed by atoms with Gasteiger partial charge in [-0.05, 0) is 52.8 Å². The Morgan fingerprint density at radius 2 is 1.63 bits per heavy atom. The van der Waals surface area contributed by atoms with Crippen LogP contribution in [0.2, 0.25) is 0 Å². The second kappa shape index (κ2) is 10.1. The van der Waals surface area contributed by atoms with E-state index >= 15 is 0 Å². The molecule has 4 aromatic carbocycles. The Balaban J connectivity index is 1.34. The summed E-state index contributed by atoms with van der Waals surface area (Å²) >= 11 is 6.49. The third-order valence-electron chi connectivity index (χ3n) is 5.51. The van der Waals surface area contributed by atoms with Crippen LogP contribution < -0.4 is 10.2 Å². The van der Waals surface area contributed by atoms with Crippen LogP contribution in [0.4, 0.5) is 0 Å². The number of carbonyl (C=O) groups is 2. The van der Waals surface area contributed by atoms with Crippen molar-refractivity contribution >= 4 is 57.0 Å². The molecule has 7 heteroatoms. The van der Waals surface area contributed by atoms with E-state index < -0.39 is 5.91 Å². The minimum Gasteiger partial charge on any atom is -0.488 e. The predicted molar refractivity (Wildman–Crippen MR) is 144 cm³/mol. The summed E-state index contributed by atoms with van der Waals surface area (Å²) in [4.78, 5) is 25.9. The first-order chi connectivity index (χ1) is 17.1. The Kier molecular flexibility index (Phi) is 6.61. The highest BCUT2D eigenvalue weighted by atomic mass is 32.2. The number of hydrogen-bond donors (Lipinski definition) is 1. The van der Waals surface area contributed by atoms with Crippen LogP contribution in [-0.2, 0) is 11.4 Å². The van der Waals surface area contributed by atoms with Gasteiger partial charge in [-0.25, -0.2) is 0 Å². The molecule has 1 N–H and O–H groups in total. The fourth-order valence-electron chi connectivity index (χ4n) is 3.77. The summed E-state index contributed by atoms with van der Waals surface area (Å²) in [6.45, 7) is 0.389. The second-order valence-corrected chi connectivity index (χ2v) is 9.46. The molecule has 5 nitrogen and oxygen atoms in total. The normalized spacial score (nSPS) is 14.5. The van der Waals surface area contributed by atoms with Crippen LogP contribution in [0.5, 0.6) is 5.75 Å². The molecule has 0 spiro atoms. The predicted octanol–water partition coefficient (Wildman–Crippen LogP) is 5.97. The highest BCUT2D eigenvalue weighted by Gasteiger charge is 2.34. The maximum Gasteiger partial charge on any atom is 0.285 e. The van der Waals surface area contributed by atoms with Crippen LogP contribution in [-0.4, -0.2) is 21.1 Å². The summed E-state index contributed by atoms with van der Waals surface area (Å²) in [5.74, 6) is -0.130. The van der Waals surface area contributed by atoms with Gasteiger partial charge in [0.05, 0.1) is 4.91 Å². The van der Waals surface area contributed by atoms with E-state index in [1.165, 1.54) is 0 Å². The molecule has 0 unspecified atom stereocenters. The lowest BCUT2D eigenvalue weighted by Gasteiger charge is -2.15. The third-order valence-corrected chi connectivity index (χ3v) is 6.81. The maximum atomic E-state index is 13.0. The molecule has 5 rings (SSSR count). The minimum absolute atomic E-state index is 0.264. The molecular formula is C28H20N2O3S2. The van der Waals surface area contributed by atoms with Gasteiger partial charge in [-0.2, -0.15) is 5.01 Å². The first-order valence-electron chi connectivity index (χ1n) is 10.9. The van der Waals surface area contributed by atoms with Crippen molar-refractivity contribution in [1.82, 2.24) is 10.4 Å². The van der Waals surface area contributed by atoms with E-state index in [9.17, 15) is 9.59 Å². The summed E-state index contributed by atoms with van der Waals surface area (Å²) in [6, 6.07) is 30.5. The lowest BCUT2D eigenvalue weighted by molar-refractivity contribution is -0.123. The van der Waals surface area contributed by atoms with E-state index in [1.807, 2.05) is 54.6 Å².